The molecule has 0 spiro atoms. The largest absolute Gasteiger partial charge is 0.385 e. The van der Waals surface area contributed by atoms with E-state index in [1.165, 1.54) is 0 Å². The quantitative estimate of drug-likeness (QED) is 0.787. The minimum Gasteiger partial charge on any atom is -0.385 e. The van der Waals surface area contributed by atoms with Gasteiger partial charge in [0.25, 0.3) is 5.91 Å². The van der Waals surface area contributed by atoms with Gasteiger partial charge in [0.05, 0.1) is 21.3 Å². The van der Waals surface area contributed by atoms with Crippen molar-refractivity contribution < 1.29 is 4.79 Å². The number of hydrogen-bond acceptors (Lipinski definition) is 2. The lowest BCUT2D eigenvalue weighted by molar-refractivity contribution is 0.102. The molecule has 110 valence electrons. The summed E-state index contributed by atoms with van der Waals surface area (Å²) in [4.78, 5) is 12.4. The molecule has 0 radical (unpaired) electrons. The molecule has 0 saturated carbocycles. The monoisotopic (exact) mass is 342 g/mol. The second-order valence-electron chi connectivity index (χ2n) is 4.28. The van der Waals surface area contributed by atoms with Gasteiger partial charge >= 0.3 is 0 Å². The van der Waals surface area contributed by atoms with Gasteiger partial charge in [-0.2, -0.15) is 0 Å². The molecular weight excluding hydrogens is 331 g/mol. The molecular formula is C15H13Cl3N2O. The maximum absolute atomic E-state index is 12.4. The van der Waals surface area contributed by atoms with Crippen molar-refractivity contribution in [1.29, 1.82) is 0 Å². The summed E-state index contributed by atoms with van der Waals surface area (Å²) in [6.07, 6.45) is 0. The number of nitrogens with one attached hydrogen (secondary N) is 2. The van der Waals surface area contributed by atoms with Crippen LogP contribution in [0.3, 0.4) is 0 Å². The third kappa shape index (κ3) is 3.82. The molecule has 2 N–H and O–H groups in total. The van der Waals surface area contributed by atoms with Gasteiger partial charge in [-0.3, -0.25) is 4.79 Å². The molecule has 0 unspecified atom stereocenters. The Balaban J connectivity index is 2.32. The summed E-state index contributed by atoms with van der Waals surface area (Å²) in [5, 5.41) is 7.03. The number of halogens is 3. The van der Waals surface area contributed by atoms with Gasteiger partial charge < -0.3 is 10.6 Å². The van der Waals surface area contributed by atoms with Crippen LogP contribution in [0.25, 0.3) is 0 Å². The molecule has 0 aliphatic carbocycles. The molecule has 21 heavy (non-hydrogen) atoms. The van der Waals surface area contributed by atoms with Gasteiger partial charge in [0.1, 0.15) is 0 Å². The van der Waals surface area contributed by atoms with Crippen molar-refractivity contribution in [2.75, 3.05) is 17.2 Å². The van der Waals surface area contributed by atoms with Gasteiger partial charge in [-0.25, -0.2) is 0 Å². The maximum atomic E-state index is 12.4. The van der Waals surface area contributed by atoms with Crippen molar-refractivity contribution >= 4 is 52.1 Å². The van der Waals surface area contributed by atoms with Crippen LogP contribution in [0.4, 0.5) is 11.4 Å². The minimum absolute atomic E-state index is 0.305. The molecule has 0 atom stereocenters. The predicted molar refractivity (Wildman–Crippen MR) is 90.0 cm³/mol. The summed E-state index contributed by atoms with van der Waals surface area (Å²) in [6, 6.07) is 10.1. The molecule has 2 aromatic carbocycles. The van der Waals surface area contributed by atoms with E-state index in [0.29, 0.717) is 38.6 Å². The maximum Gasteiger partial charge on any atom is 0.257 e. The van der Waals surface area contributed by atoms with Crippen molar-refractivity contribution in [2.45, 2.75) is 6.92 Å². The average Bonchev–Trinajstić information content (AvgIpc) is 2.46. The molecule has 0 saturated heterocycles. The second kappa shape index (κ2) is 7.03. The number of rotatable bonds is 4. The number of carbonyl (C=O) groups excluding carboxylic acids is 1. The normalized spacial score (nSPS) is 10.3. The molecule has 0 bridgehead atoms. The Labute approximate surface area is 138 Å². The topological polar surface area (TPSA) is 41.1 Å². The van der Waals surface area contributed by atoms with Crippen LogP contribution in [0.5, 0.6) is 0 Å². The fraction of sp³-hybridized carbons (Fsp3) is 0.133. The predicted octanol–water partition coefficient (Wildman–Crippen LogP) is 5.33. The fourth-order valence-corrected chi connectivity index (χ4v) is 2.36. The third-order valence-electron chi connectivity index (χ3n) is 2.79. The van der Waals surface area contributed by atoms with Gasteiger partial charge in [0.2, 0.25) is 0 Å². The van der Waals surface area contributed by atoms with Gasteiger partial charge in [0.15, 0.2) is 0 Å². The number of hydrogen-bond donors (Lipinski definition) is 2. The lowest BCUT2D eigenvalue weighted by atomic mass is 10.1. The molecule has 3 nitrogen and oxygen atoms in total. The number of amides is 1. The first kappa shape index (κ1) is 16.0. The molecule has 0 fully saturated rings. The van der Waals surface area contributed by atoms with E-state index in [9.17, 15) is 4.79 Å². The highest BCUT2D eigenvalue weighted by Crippen LogP contribution is 2.30. The van der Waals surface area contributed by atoms with Crippen LogP contribution in [-0.2, 0) is 0 Å². The van der Waals surface area contributed by atoms with E-state index in [2.05, 4.69) is 10.6 Å². The van der Waals surface area contributed by atoms with Crippen molar-refractivity contribution in [3.05, 3.63) is 57.0 Å². The highest BCUT2D eigenvalue weighted by Gasteiger charge is 2.14. The highest BCUT2D eigenvalue weighted by molar-refractivity contribution is 6.44. The number of carbonyl (C=O) groups is 1. The Bertz CT molecular complexity index is 674. The minimum atomic E-state index is -0.308. The van der Waals surface area contributed by atoms with E-state index in [4.69, 9.17) is 34.8 Å². The summed E-state index contributed by atoms with van der Waals surface area (Å²) in [6.45, 7) is 2.64. The van der Waals surface area contributed by atoms with Crippen LogP contribution < -0.4 is 10.6 Å². The van der Waals surface area contributed by atoms with E-state index < -0.39 is 0 Å². The smallest absolute Gasteiger partial charge is 0.257 e. The third-order valence-corrected chi connectivity index (χ3v) is 3.85. The molecule has 0 aromatic heterocycles. The van der Waals surface area contributed by atoms with Gasteiger partial charge in [-0.15, -0.1) is 0 Å². The molecule has 6 heteroatoms. The van der Waals surface area contributed by atoms with Crippen molar-refractivity contribution in [3.8, 4) is 0 Å². The highest BCUT2D eigenvalue weighted by atomic mass is 35.5. The van der Waals surface area contributed by atoms with Gasteiger partial charge in [-0.05, 0) is 37.3 Å². The van der Waals surface area contributed by atoms with Crippen LogP contribution in [-0.4, -0.2) is 12.5 Å². The Kier molecular flexibility index (Phi) is 5.34. The molecule has 0 aliphatic rings. The number of benzene rings is 2. The Morgan fingerprint density at radius 3 is 2.57 bits per heavy atom. The first-order valence-electron chi connectivity index (χ1n) is 6.31. The van der Waals surface area contributed by atoms with Crippen LogP contribution >= 0.6 is 34.8 Å². The molecule has 2 aromatic rings. The Hall–Kier alpha value is -1.42. The molecule has 0 aliphatic heterocycles. The summed E-state index contributed by atoms with van der Waals surface area (Å²) < 4.78 is 0. The van der Waals surface area contributed by atoms with E-state index >= 15 is 0 Å². The first-order valence-corrected chi connectivity index (χ1v) is 7.45. The van der Waals surface area contributed by atoms with Crippen LogP contribution in [0.15, 0.2) is 36.4 Å². The molecule has 2 rings (SSSR count). The average molecular weight is 344 g/mol. The van der Waals surface area contributed by atoms with Crippen molar-refractivity contribution in [1.82, 2.24) is 0 Å². The SMILES string of the molecule is CCNc1ccc(Cl)cc1C(=O)Nc1cccc(Cl)c1Cl. The van der Waals surface area contributed by atoms with Crippen LogP contribution in [0.2, 0.25) is 15.1 Å². The Morgan fingerprint density at radius 2 is 1.86 bits per heavy atom. The molecule has 0 heterocycles. The zero-order valence-corrected chi connectivity index (χ0v) is 13.5. The van der Waals surface area contributed by atoms with E-state index in [0.717, 1.165) is 0 Å². The second-order valence-corrected chi connectivity index (χ2v) is 5.50. The number of anilines is 2. The summed E-state index contributed by atoms with van der Waals surface area (Å²) in [5.74, 6) is -0.308. The summed E-state index contributed by atoms with van der Waals surface area (Å²) in [5.41, 5.74) is 1.61. The zero-order valence-electron chi connectivity index (χ0n) is 11.2. The van der Waals surface area contributed by atoms with E-state index in [1.54, 1.807) is 36.4 Å². The van der Waals surface area contributed by atoms with Gasteiger partial charge in [-0.1, -0.05) is 40.9 Å². The standard InChI is InChI=1S/C15H13Cl3N2O/c1-2-19-12-7-6-9(16)8-10(12)15(21)20-13-5-3-4-11(17)14(13)18/h3-8,19H,2H2,1H3,(H,20,21). The summed E-state index contributed by atoms with van der Waals surface area (Å²) in [7, 11) is 0. The van der Waals surface area contributed by atoms with Crippen molar-refractivity contribution in [2.24, 2.45) is 0 Å². The van der Waals surface area contributed by atoms with Crippen LogP contribution in [0.1, 0.15) is 17.3 Å². The van der Waals surface area contributed by atoms with Gasteiger partial charge in [0, 0.05) is 17.3 Å². The lowest BCUT2D eigenvalue weighted by Gasteiger charge is -2.12. The van der Waals surface area contributed by atoms with E-state index in [1.807, 2.05) is 6.92 Å². The molecule has 1 amide bonds. The van der Waals surface area contributed by atoms with Crippen LogP contribution in [0, 0.1) is 0 Å². The zero-order chi connectivity index (χ0) is 15.4. The first-order chi connectivity index (χ1) is 10.0. The Morgan fingerprint density at radius 1 is 1.10 bits per heavy atom. The fourth-order valence-electron chi connectivity index (χ4n) is 1.84. The lowest BCUT2D eigenvalue weighted by Crippen LogP contribution is -2.15. The summed E-state index contributed by atoms with van der Waals surface area (Å²) >= 11 is 18.0. The van der Waals surface area contributed by atoms with E-state index in [-0.39, 0.29) is 5.91 Å². The van der Waals surface area contributed by atoms with Crippen molar-refractivity contribution in [3.63, 3.8) is 0 Å².